The SMILES string of the molecule is CCc1ccc(/C=C/C(=O)Nc2ccc(C)c(S(=O)(=O)N3CCOCC3)c2)cc1. The number of hydrogen-bond donors (Lipinski definition) is 1. The molecule has 0 spiro atoms. The van der Waals surface area contributed by atoms with Crippen LogP contribution in [0.15, 0.2) is 53.4 Å². The average molecular weight is 415 g/mol. The van der Waals surface area contributed by atoms with E-state index in [0.717, 1.165) is 12.0 Å². The number of ether oxygens (including phenoxy) is 1. The second kappa shape index (κ2) is 9.35. The molecule has 154 valence electrons. The minimum atomic E-state index is -3.63. The Morgan fingerprint density at radius 1 is 1.14 bits per heavy atom. The van der Waals surface area contributed by atoms with Gasteiger partial charge in [0.05, 0.1) is 18.1 Å². The number of anilines is 1. The van der Waals surface area contributed by atoms with Crippen LogP contribution in [0.4, 0.5) is 5.69 Å². The Morgan fingerprint density at radius 2 is 1.83 bits per heavy atom. The van der Waals surface area contributed by atoms with Gasteiger partial charge in [0.2, 0.25) is 15.9 Å². The van der Waals surface area contributed by atoms with Crippen molar-refractivity contribution in [1.82, 2.24) is 4.31 Å². The maximum Gasteiger partial charge on any atom is 0.248 e. The third-order valence-electron chi connectivity index (χ3n) is 4.86. The van der Waals surface area contributed by atoms with Gasteiger partial charge in [-0.15, -0.1) is 0 Å². The molecule has 0 atom stereocenters. The molecule has 0 aliphatic carbocycles. The minimum absolute atomic E-state index is 0.205. The van der Waals surface area contributed by atoms with Gasteiger partial charge in [-0.05, 0) is 48.2 Å². The topological polar surface area (TPSA) is 75.7 Å². The van der Waals surface area contributed by atoms with Crippen LogP contribution in [-0.2, 0) is 26.0 Å². The standard InChI is InChI=1S/C22H26N2O4S/c1-3-18-5-7-19(8-6-18)9-11-22(25)23-20-10-4-17(2)21(16-20)29(26,27)24-12-14-28-15-13-24/h4-11,16H,3,12-15H2,1-2H3,(H,23,25)/b11-9+. The van der Waals surface area contributed by atoms with Gasteiger partial charge in [-0.2, -0.15) is 4.31 Å². The first kappa shape index (κ1) is 21.2. The number of morpholine rings is 1. The number of nitrogens with zero attached hydrogens (tertiary/aromatic N) is 1. The summed E-state index contributed by atoms with van der Waals surface area (Å²) in [5.41, 5.74) is 3.25. The van der Waals surface area contributed by atoms with Gasteiger partial charge < -0.3 is 10.1 Å². The van der Waals surface area contributed by atoms with E-state index in [4.69, 9.17) is 4.74 Å². The van der Waals surface area contributed by atoms with Gasteiger partial charge in [-0.1, -0.05) is 37.3 Å². The minimum Gasteiger partial charge on any atom is -0.379 e. The van der Waals surface area contributed by atoms with E-state index in [1.54, 1.807) is 25.1 Å². The number of rotatable bonds is 6. The first-order chi connectivity index (χ1) is 13.9. The summed E-state index contributed by atoms with van der Waals surface area (Å²) in [4.78, 5) is 12.5. The van der Waals surface area contributed by atoms with Crippen molar-refractivity contribution >= 4 is 27.7 Å². The molecule has 29 heavy (non-hydrogen) atoms. The van der Waals surface area contributed by atoms with Crippen molar-refractivity contribution in [1.29, 1.82) is 0 Å². The van der Waals surface area contributed by atoms with Gasteiger partial charge in [-0.25, -0.2) is 8.42 Å². The molecule has 0 unspecified atom stereocenters. The van der Waals surface area contributed by atoms with E-state index >= 15 is 0 Å². The molecule has 1 aliphatic rings. The fraction of sp³-hybridized carbons (Fsp3) is 0.318. The van der Waals surface area contributed by atoms with Crippen LogP contribution in [0.1, 0.15) is 23.6 Å². The monoisotopic (exact) mass is 414 g/mol. The fourth-order valence-electron chi connectivity index (χ4n) is 3.10. The second-order valence-electron chi connectivity index (χ2n) is 6.91. The van der Waals surface area contributed by atoms with E-state index in [9.17, 15) is 13.2 Å². The molecule has 3 rings (SSSR count). The second-order valence-corrected chi connectivity index (χ2v) is 8.82. The average Bonchev–Trinajstić information content (AvgIpc) is 2.74. The summed E-state index contributed by atoms with van der Waals surface area (Å²) in [5.74, 6) is -0.317. The van der Waals surface area contributed by atoms with Gasteiger partial charge in [0, 0.05) is 24.9 Å². The highest BCUT2D eigenvalue weighted by Gasteiger charge is 2.28. The fourth-order valence-corrected chi connectivity index (χ4v) is 4.76. The Balaban J connectivity index is 1.73. The van der Waals surface area contributed by atoms with Crippen LogP contribution in [-0.4, -0.2) is 44.9 Å². The van der Waals surface area contributed by atoms with E-state index in [-0.39, 0.29) is 10.8 Å². The summed E-state index contributed by atoms with van der Waals surface area (Å²) in [7, 11) is -3.63. The molecule has 1 N–H and O–H groups in total. The molecule has 0 bridgehead atoms. The van der Waals surface area contributed by atoms with Crippen LogP contribution in [0.2, 0.25) is 0 Å². The van der Waals surface area contributed by atoms with Crippen LogP contribution in [0.3, 0.4) is 0 Å². The Bertz CT molecular complexity index is 992. The van der Waals surface area contributed by atoms with E-state index in [1.165, 1.54) is 22.0 Å². The van der Waals surface area contributed by atoms with E-state index in [1.807, 2.05) is 24.3 Å². The van der Waals surface area contributed by atoms with Crippen molar-refractivity contribution in [3.05, 3.63) is 65.2 Å². The third kappa shape index (κ3) is 5.32. The number of aryl methyl sites for hydroxylation is 2. The first-order valence-corrected chi connectivity index (χ1v) is 11.1. The summed E-state index contributed by atoms with van der Waals surface area (Å²) in [6, 6.07) is 12.9. The normalized spacial score (nSPS) is 15.5. The van der Waals surface area contributed by atoms with E-state index in [2.05, 4.69) is 12.2 Å². The molecule has 0 radical (unpaired) electrons. The summed E-state index contributed by atoms with van der Waals surface area (Å²) in [6.45, 7) is 5.28. The van der Waals surface area contributed by atoms with Crippen molar-refractivity contribution < 1.29 is 17.9 Å². The van der Waals surface area contributed by atoms with Crippen LogP contribution in [0.5, 0.6) is 0 Å². The number of nitrogens with one attached hydrogen (secondary N) is 1. The number of hydrogen-bond acceptors (Lipinski definition) is 4. The highest BCUT2D eigenvalue weighted by molar-refractivity contribution is 7.89. The number of sulfonamides is 1. The lowest BCUT2D eigenvalue weighted by Gasteiger charge is -2.26. The zero-order valence-corrected chi connectivity index (χ0v) is 17.5. The van der Waals surface area contributed by atoms with Gasteiger partial charge in [0.15, 0.2) is 0 Å². The number of amides is 1. The summed E-state index contributed by atoms with van der Waals surface area (Å²) >= 11 is 0. The smallest absolute Gasteiger partial charge is 0.248 e. The third-order valence-corrected chi connectivity index (χ3v) is 6.90. The van der Waals surface area contributed by atoms with Crippen molar-refractivity contribution in [3.63, 3.8) is 0 Å². The summed E-state index contributed by atoms with van der Waals surface area (Å²) < 4.78 is 32.6. The zero-order valence-electron chi connectivity index (χ0n) is 16.7. The Morgan fingerprint density at radius 3 is 2.48 bits per heavy atom. The van der Waals surface area contributed by atoms with Crippen molar-refractivity contribution in [3.8, 4) is 0 Å². The number of benzene rings is 2. The van der Waals surface area contributed by atoms with Gasteiger partial charge >= 0.3 is 0 Å². The van der Waals surface area contributed by atoms with Crippen LogP contribution in [0, 0.1) is 6.92 Å². The van der Waals surface area contributed by atoms with E-state index in [0.29, 0.717) is 37.6 Å². The summed E-state index contributed by atoms with van der Waals surface area (Å²) in [6.07, 6.45) is 4.14. The lowest BCUT2D eigenvalue weighted by molar-refractivity contribution is -0.111. The molecule has 2 aromatic rings. The van der Waals surface area contributed by atoms with E-state index < -0.39 is 10.0 Å². The van der Waals surface area contributed by atoms with Crippen LogP contribution in [0.25, 0.3) is 6.08 Å². The zero-order chi connectivity index (χ0) is 20.9. The molecule has 1 fully saturated rings. The molecule has 7 heteroatoms. The Labute approximate surface area is 172 Å². The highest BCUT2D eigenvalue weighted by atomic mass is 32.2. The largest absolute Gasteiger partial charge is 0.379 e. The highest BCUT2D eigenvalue weighted by Crippen LogP contribution is 2.24. The number of carbonyl (C=O) groups excluding carboxylic acids is 1. The predicted molar refractivity (Wildman–Crippen MR) is 114 cm³/mol. The molecule has 1 amide bonds. The maximum absolute atomic E-state index is 13.0. The summed E-state index contributed by atoms with van der Waals surface area (Å²) in [5, 5.41) is 2.74. The molecule has 0 saturated carbocycles. The molecule has 1 aliphatic heterocycles. The van der Waals surface area contributed by atoms with Crippen LogP contribution >= 0.6 is 0 Å². The molecule has 1 saturated heterocycles. The lowest BCUT2D eigenvalue weighted by Crippen LogP contribution is -2.40. The first-order valence-electron chi connectivity index (χ1n) is 9.66. The molecular formula is C22H26N2O4S. The number of carbonyl (C=O) groups is 1. The molecule has 6 nitrogen and oxygen atoms in total. The molecular weight excluding hydrogens is 388 g/mol. The van der Waals surface area contributed by atoms with Crippen molar-refractivity contribution in [2.24, 2.45) is 0 Å². The predicted octanol–water partition coefficient (Wildman–Crippen LogP) is 3.23. The van der Waals surface area contributed by atoms with Gasteiger partial charge in [0.1, 0.15) is 0 Å². The molecule has 1 heterocycles. The molecule has 2 aromatic carbocycles. The quantitative estimate of drug-likeness (QED) is 0.737. The lowest BCUT2D eigenvalue weighted by atomic mass is 10.1. The Kier molecular flexibility index (Phi) is 6.84. The van der Waals surface area contributed by atoms with Crippen molar-refractivity contribution in [2.45, 2.75) is 25.2 Å². The maximum atomic E-state index is 13.0. The van der Waals surface area contributed by atoms with Crippen LogP contribution < -0.4 is 5.32 Å². The van der Waals surface area contributed by atoms with Gasteiger partial charge in [0.25, 0.3) is 0 Å². The van der Waals surface area contributed by atoms with Gasteiger partial charge in [-0.3, -0.25) is 4.79 Å². The molecule has 0 aromatic heterocycles. The van der Waals surface area contributed by atoms with Crippen molar-refractivity contribution in [2.75, 3.05) is 31.6 Å². The Hall–Kier alpha value is -2.48.